The van der Waals surface area contributed by atoms with Gasteiger partial charge in [-0.25, -0.2) is 0 Å². The molecule has 4 nitrogen and oxygen atoms in total. The number of hydrogen-bond acceptors (Lipinski definition) is 2. The fourth-order valence-electron chi connectivity index (χ4n) is 2.62. The highest BCUT2D eigenvalue weighted by Gasteiger charge is 2.46. The molecule has 1 aromatic carbocycles. The maximum atomic E-state index is 5.53. The molecule has 2 rings (SSSR count). The van der Waals surface area contributed by atoms with E-state index in [4.69, 9.17) is 9.73 Å². The molecule has 1 aliphatic carbocycles. The standard InChI is InChI=1S/C18H29N3O/c1-5-19-17(20-12-14(2)3)21-13-18(10-11-18)15-8-6-7-9-16(15)22-4/h6-9,14H,5,10-13H2,1-4H3,(H2,19,20,21). The molecule has 1 saturated carbocycles. The van der Waals surface area contributed by atoms with Gasteiger partial charge in [0.05, 0.1) is 13.7 Å². The molecule has 0 spiro atoms. The first-order valence-corrected chi connectivity index (χ1v) is 8.27. The second-order valence-corrected chi connectivity index (χ2v) is 6.45. The zero-order chi connectivity index (χ0) is 16.0. The lowest BCUT2D eigenvalue weighted by Gasteiger charge is -2.18. The van der Waals surface area contributed by atoms with E-state index in [1.807, 2.05) is 12.1 Å². The predicted molar refractivity (Wildman–Crippen MR) is 92.7 cm³/mol. The number of methoxy groups -OCH3 is 1. The number of nitrogens with one attached hydrogen (secondary N) is 2. The summed E-state index contributed by atoms with van der Waals surface area (Å²) in [6.07, 6.45) is 2.36. The fraction of sp³-hybridized carbons (Fsp3) is 0.611. The number of benzene rings is 1. The normalized spacial score (nSPS) is 16.5. The Labute approximate surface area is 134 Å². The van der Waals surface area contributed by atoms with Crippen LogP contribution in [-0.2, 0) is 5.41 Å². The Morgan fingerprint density at radius 3 is 2.59 bits per heavy atom. The zero-order valence-electron chi connectivity index (χ0n) is 14.3. The lowest BCUT2D eigenvalue weighted by atomic mass is 9.95. The zero-order valence-corrected chi connectivity index (χ0v) is 14.3. The summed E-state index contributed by atoms with van der Waals surface area (Å²) in [4.78, 5) is 4.81. The van der Waals surface area contributed by atoms with E-state index in [0.717, 1.165) is 31.3 Å². The number of para-hydroxylation sites is 1. The molecule has 0 unspecified atom stereocenters. The van der Waals surface area contributed by atoms with Crippen LogP contribution in [0.5, 0.6) is 5.75 Å². The lowest BCUT2D eigenvalue weighted by Crippen LogP contribution is -2.39. The second-order valence-electron chi connectivity index (χ2n) is 6.45. The summed E-state index contributed by atoms with van der Waals surface area (Å²) in [5.41, 5.74) is 1.45. The maximum absolute atomic E-state index is 5.53. The summed E-state index contributed by atoms with van der Waals surface area (Å²) >= 11 is 0. The molecule has 0 bridgehead atoms. The van der Waals surface area contributed by atoms with Crippen LogP contribution in [0.3, 0.4) is 0 Å². The van der Waals surface area contributed by atoms with Gasteiger partial charge in [-0.3, -0.25) is 4.99 Å². The highest BCUT2D eigenvalue weighted by molar-refractivity contribution is 5.79. The van der Waals surface area contributed by atoms with Crippen molar-refractivity contribution >= 4 is 5.96 Å². The van der Waals surface area contributed by atoms with E-state index in [2.05, 4.69) is 43.5 Å². The van der Waals surface area contributed by atoms with Crippen LogP contribution in [0.25, 0.3) is 0 Å². The third-order valence-corrected chi connectivity index (χ3v) is 4.09. The Balaban J connectivity index is 2.08. The smallest absolute Gasteiger partial charge is 0.191 e. The molecule has 0 aromatic heterocycles. The van der Waals surface area contributed by atoms with E-state index in [1.54, 1.807) is 7.11 Å². The molecular formula is C18H29N3O. The number of aliphatic imine (C=N–C) groups is 1. The molecule has 0 atom stereocenters. The molecule has 22 heavy (non-hydrogen) atoms. The van der Waals surface area contributed by atoms with E-state index < -0.39 is 0 Å². The van der Waals surface area contributed by atoms with Gasteiger partial charge >= 0.3 is 0 Å². The van der Waals surface area contributed by atoms with E-state index in [1.165, 1.54) is 18.4 Å². The molecule has 1 aromatic rings. The van der Waals surface area contributed by atoms with Crippen molar-refractivity contribution in [3.63, 3.8) is 0 Å². The average molecular weight is 303 g/mol. The van der Waals surface area contributed by atoms with Crippen LogP contribution in [0.4, 0.5) is 0 Å². The first-order chi connectivity index (χ1) is 10.6. The van der Waals surface area contributed by atoms with Crippen LogP contribution < -0.4 is 15.4 Å². The number of nitrogens with zero attached hydrogens (tertiary/aromatic N) is 1. The van der Waals surface area contributed by atoms with Crippen LogP contribution >= 0.6 is 0 Å². The van der Waals surface area contributed by atoms with Crippen molar-refractivity contribution in [3.05, 3.63) is 29.8 Å². The van der Waals surface area contributed by atoms with Crippen LogP contribution in [0.1, 0.15) is 39.2 Å². The third kappa shape index (κ3) is 4.15. The lowest BCUT2D eigenvalue weighted by molar-refractivity contribution is 0.404. The molecule has 4 heteroatoms. The van der Waals surface area contributed by atoms with E-state index in [9.17, 15) is 0 Å². The van der Waals surface area contributed by atoms with Gasteiger partial charge in [0.2, 0.25) is 0 Å². The Hall–Kier alpha value is -1.71. The van der Waals surface area contributed by atoms with Gasteiger partial charge in [-0.05, 0) is 31.7 Å². The third-order valence-electron chi connectivity index (χ3n) is 4.09. The highest BCUT2D eigenvalue weighted by Crippen LogP contribution is 2.51. The van der Waals surface area contributed by atoms with Gasteiger partial charge in [-0.1, -0.05) is 32.0 Å². The van der Waals surface area contributed by atoms with Crippen LogP contribution in [0.2, 0.25) is 0 Å². The summed E-state index contributed by atoms with van der Waals surface area (Å²) < 4.78 is 5.53. The Kier molecular flexibility index (Phi) is 5.69. The van der Waals surface area contributed by atoms with Gasteiger partial charge < -0.3 is 15.4 Å². The summed E-state index contributed by atoms with van der Waals surface area (Å²) in [6, 6.07) is 8.33. The first-order valence-electron chi connectivity index (χ1n) is 8.27. The fourth-order valence-corrected chi connectivity index (χ4v) is 2.62. The van der Waals surface area contributed by atoms with Crippen LogP contribution in [-0.4, -0.2) is 32.7 Å². The molecule has 0 aliphatic heterocycles. The van der Waals surface area contributed by atoms with Gasteiger partial charge in [0.15, 0.2) is 5.96 Å². The second kappa shape index (κ2) is 7.52. The van der Waals surface area contributed by atoms with Crippen LogP contribution in [0, 0.1) is 5.92 Å². The Morgan fingerprint density at radius 1 is 1.27 bits per heavy atom. The van der Waals surface area contributed by atoms with Gasteiger partial charge in [0.1, 0.15) is 5.75 Å². The molecule has 0 saturated heterocycles. The van der Waals surface area contributed by atoms with Crippen molar-refractivity contribution in [1.29, 1.82) is 0 Å². The van der Waals surface area contributed by atoms with Crippen molar-refractivity contribution < 1.29 is 4.74 Å². The summed E-state index contributed by atoms with van der Waals surface area (Å²) in [7, 11) is 1.74. The molecule has 122 valence electrons. The van der Waals surface area contributed by atoms with E-state index in [0.29, 0.717) is 5.92 Å². The van der Waals surface area contributed by atoms with Gasteiger partial charge in [-0.2, -0.15) is 0 Å². The molecule has 0 radical (unpaired) electrons. The molecular weight excluding hydrogens is 274 g/mol. The SMILES string of the molecule is CCNC(=NCC1(c2ccccc2OC)CC1)NCC(C)C. The van der Waals surface area contributed by atoms with Crippen molar-refractivity contribution in [3.8, 4) is 5.75 Å². The Morgan fingerprint density at radius 2 is 2.00 bits per heavy atom. The number of ether oxygens (including phenoxy) is 1. The minimum absolute atomic E-state index is 0.160. The van der Waals surface area contributed by atoms with E-state index >= 15 is 0 Å². The molecule has 1 fully saturated rings. The molecule has 0 heterocycles. The maximum Gasteiger partial charge on any atom is 0.191 e. The quantitative estimate of drug-likeness (QED) is 0.601. The monoisotopic (exact) mass is 303 g/mol. The first kappa shape index (κ1) is 16.7. The highest BCUT2D eigenvalue weighted by atomic mass is 16.5. The van der Waals surface area contributed by atoms with Crippen molar-refractivity contribution in [1.82, 2.24) is 10.6 Å². The summed E-state index contributed by atoms with van der Waals surface area (Å²) in [5, 5.41) is 6.73. The van der Waals surface area contributed by atoms with Gasteiger partial charge in [0, 0.05) is 24.1 Å². The number of rotatable bonds is 7. The van der Waals surface area contributed by atoms with Crippen molar-refractivity contribution in [2.75, 3.05) is 26.7 Å². The van der Waals surface area contributed by atoms with Crippen molar-refractivity contribution in [2.45, 2.75) is 39.0 Å². The number of guanidine groups is 1. The topological polar surface area (TPSA) is 45.7 Å². The molecule has 0 amide bonds. The minimum Gasteiger partial charge on any atom is -0.496 e. The summed E-state index contributed by atoms with van der Waals surface area (Å²) in [5.74, 6) is 2.50. The Bertz CT molecular complexity index is 507. The van der Waals surface area contributed by atoms with E-state index in [-0.39, 0.29) is 5.41 Å². The van der Waals surface area contributed by atoms with Crippen LogP contribution in [0.15, 0.2) is 29.3 Å². The average Bonchev–Trinajstić information content (AvgIpc) is 3.31. The summed E-state index contributed by atoms with van der Waals surface area (Å²) in [6.45, 7) is 9.13. The molecule has 2 N–H and O–H groups in total. The van der Waals surface area contributed by atoms with Gasteiger partial charge in [0.25, 0.3) is 0 Å². The van der Waals surface area contributed by atoms with Crippen molar-refractivity contribution in [2.24, 2.45) is 10.9 Å². The largest absolute Gasteiger partial charge is 0.496 e. The predicted octanol–water partition coefficient (Wildman–Crippen LogP) is 2.94. The van der Waals surface area contributed by atoms with Gasteiger partial charge in [-0.15, -0.1) is 0 Å². The molecule has 1 aliphatic rings. The minimum atomic E-state index is 0.160. The number of hydrogen-bond donors (Lipinski definition) is 2.